The molecule has 0 aromatic heterocycles. The van der Waals surface area contributed by atoms with Gasteiger partial charge in [-0.05, 0) is 43.0 Å². The molecule has 1 aliphatic rings. The van der Waals surface area contributed by atoms with Gasteiger partial charge in [-0.2, -0.15) is 0 Å². The van der Waals surface area contributed by atoms with E-state index in [0.717, 1.165) is 31.5 Å². The number of carbonyl (C=O) groups is 1. The predicted molar refractivity (Wildman–Crippen MR) is 71.3 cm³/mol. The summed E-state index contributed by atoms with van der Waals surface area (Å²) < 4.78 is 0. The van der Waals surface area contributed by atoms with E-state index in [4.69, 9.17) is 11.6 Å². The second kappa shape index (κ2) is 5.37. The van der Waals surface area contributed by atoms with Crippen LogP contribution in [0.2, 0.25) is 5.02 Å². The highest BCUT2D eigenvalue weighted by atomic mass is 35.5. The largest absolute Gasteiger partial charge is 0.339 e. The Morgan fingerprint density at radius 1 is 1.24 bits per heavy atom. The van der Waals surface area contributed by atoms with Crippen molar-refractivity contribution in [3.8, 4) is 0 Å². The fourth-order valence-corrected chi connectivity index (χ4v) is 2.38. The Labute approximate surface area is 107 Å². The second-order valence-corrected chi connectivity index (χ2v) is 4.77. The highest BCUT2D eigenvalue weighted by Gasteiger charge is 2.18. The van der Waals surface area contributed by atoms with E-state index in [1.807, 2.05) is 17.0 Å². The minimum atomic E-state index is 0.0790. The van der Waals surface area contributed by atoms with Crippen molar-refractivity contribution in [1.82, 2.24) is 4.90 Å². The number of amides is 1. The first-order valence-electron chi connectivity index (χ1n) is 5.93. The molecule has 2 nitrogen and oxygen atoms in total. The van der Waals surface area contributed by atoms with Crippen LogP contribution in [0.4, 0.5) is 0 Å². The molecule has 1 amide bonds. The van der Waals surface area contributed by atoms with Gasteiger partial charge in [0.15, 0.2) is 0 Å². The molecule has 1 aromatic carbocycles. The van der Waals surface area contributed by atoms with Gasteiger partial charge in [-0.25, -0.2) is 0 Å². The minimum Gasteiger partial charge on any atom is -0.339 e. The van der Waals surface area contributed by atoms with Crippen LogP contribution in [0.3, 0.4) is 0 Å². The molecular weight excluding hydrogens is 234 g/mol. The lowest BCUT2D eigenvalue weighted by atomic mass is 10.1. The van der Waals surface area contributed by atoms with E-state index in [1.54, 1.807) is 12.1 Å². The molecule has 1 heterocycles. The number of nitrogens with zero attached hydrogens (tertiary/aromatic N) is 1. The van der Waals surface area contributed by atoms with Crippen LogP contribution in [-0.2, 0) is 0 Å². The van der Waals surface area contributed by atoms with Crippen molar-refractivity contribution < 1.29 is 4.79 Å². The smallest absolute Gasteiger partial charge is 0.253 e. The summed E-state index contributed by atoms with van der Waals surface area (Å²) in [6.07, 6.45) is 5.12. The van der Waals surface area contributed by atoms with E-state index in [-0.39, 0.29) is 5.91 Å². The first kappa shape index (κ1) is 12.2. The van der Waals surface area contributed by atoms with Crippen LogP contribution in [0.15, 0.2) is 24.8 Å². The highest BCUT2D eigenvalue weighted by molar-refractivity contribution is 6.31. The van der Waals surface area contributed by atoms with Crippen LogP contribution < -0.4 is 0 Å². The molecule has 0 aliphatic carbocycles. The van der Waals surface area contributed by atoms with Crippen molar-refractivity contribution in [1.29, 1.82) is 0 Å². The molecule has 0 saturated carbocycles. The molecule has 3 heteroatoms. The maximum atomic E-state index is 12.3. The third-order valence-electron chi connectivity index (χ3n) is 3.05. The Balaban J connectivity index is 2.23. The van der Waals surface area contributed by atoms with Gasteiger partial charge >= 0.3 is 0 Å². The van der Waals surface area contributed by atoms with E-state index in [2.05, 4.69) is 6.58 Å². The first-order chi connectivity index (χ1) is 8.20. The van der Waals surface area contributed by atoms with Crippen LogP contribution in [0.5, 0.6) is 0 Å². The summed E-state index contributed by atoms with van der Waals surface area (Å²) >= 11 is 5.99. The molecule has 1 saturated heterocycles. The maximum absolute atomic E-state index is 12.3. The van der Waals surface area contributed by atoms with Crippen LogP contribution in [0.1, 0.15) is 35.2 Å². The van der Waals surface area contributed by atoms with Gasteiger partial charge in [0.25, 0.3) is 5.91 Å². The molecule has 0 N–H and O–H groups in total. The average Bonchev–Trinajstić information content (AvgIpc) is 2.38. The number of carbonyl (C=O) groups excluding carboxylic acids is 1. The van der Waals surface area contributed by atoms with Crippen LogP contribution in [0, 0.1) is 0 Å². The molecule has 0 spiro atoms. The predicted octanol–water partition coefficient (Wildman–Crippen LogP) is 3.61. The van der Waals surface area contributed by atoms with Gasteiger partial charge in [0.1, 0.15) is 0 Å². The Kier molecular flexibility index (Phi) is 3.85. The second-order valence-electron chi connectivity index (χ2n) is 4.33. The quantitative estimate of drug-likeness (QED) is 0.784. The topological polar surface area (TPSA) is 20.3 Å². The minimum absolute atomic E-state index is 0.0790. The molecule has 2 rings (SSSR count). The average molecular weight is 250 g/mol. The number of hydrogen-bond acceptors (Lipinski definition) is 1. The summed E-state index contributed by atoms with van der Waals surface area (Å²) in [5.41, 5.74) is 1.55. The molecule has 17 heavy (non-hydrogen) atoms. The third kappa shape index (κ3) is 2.89. The number of rotatable bonds is 2. The molecule has 0 radical (unpaired) electrons. The molecule has 0 bridgehead atoms. The van der Waals surface area contributed by atoms with Gasteiger partial charge in [-0.1, -0.05) is 24.3 Å². The Hall–Kier alpha value is -1.28. The van der Waals surface area contributed by atoms with E-state index in [9.17, 15) is 4.79 Å². The number of piperidine rings is 1. The summed E-state index contributed by atoms with van der Waals surface area (Å²) in [6.45, 7) is 5.41. The molecule has 1 fully saturated rings. The fourth-order valence-electron chi connectivity index (χ4n) is 2.13. The lowest BCUT2D eigenvalue weighted by Gasteiger charge is -2.26. The first-order valence-corrected chi connectivity index (χ1v) is 6.31. The van der Waals surface area contributed by atoms with Crippen LogP contribution in [-0.4, -0.2) is 23.9 Å². The van der Waals surface area contributed by atoms with Gasteiger partial charge in [0.05, 0.1) is 0 Å². The monoisotopic (exact) mass is 249 g/mol. The molecular formula is C14H16ClNO. The van der Waals surface area contributed by atoms with Crippen molar-refractivity contribution in [2.24, 2.45) is 0 Å². The zero-order chi connectivity index (χ0) is 12.3. The highest BCUT2D eigenvalue weighted by Crippen LogP contribution is 2.19. The number of hydrogen-bond donors (Lipinski definition) is 0. The van der Waals surface area contributed by atoms with Crippen molar-refractivity contribution in [3.05, 3.63) is 40.9 Å². The summed E-state index contributed by atoms with van der Waals surface area (Å²) in [7, 11) is 0. The van der Waals surface area contributed by atoms with Gasteiger partial charge in [0, 0.05) is 23.7 Å². The van der Waals surface area contributed by atoms with E-state index >= 15 is 0 Å². The lowest BCUT2D eigenvalue weighted by Crippen LogP contribution is -2.35. The van der Waals surface area contributed by atoms with Gasteiger partial charge < -0.3 is 4.90 Å². The van der Waals surface area contributed by atoms with Gasteiger partial charge in [0.2, 0.25) is 0 Å². The summed E-state index contributed by atoms with van der Waals surface area (Å²) in [6, 6.07) is 5.38. The standard InChI is InChI=1S/C14H16ClNO/c1-2-11-8-12(10-13(15)9-11)14(17)16-6-4-3-5-7-16/h2,8-10H,1,3-7H2. The van der Waals surface area contributed by atoms with E-state index in [1.165, 1.54) is 6.42 Å². The zero-order valence-corrected chi connectivity index (χ0v) is 10.5. The van der Waals surface area contributed by atoms with E-state index in [0.29, 0.717) is 10.6 Å². The van der Waals surface area contributed by atoms with Crippen molar-refractivity contribution in [3.63, 3.8) is 0 Å². The normalized spacial score (nSPS) is 15.7. The zero-order valence-electron chi connectivity index (χ0n) is 9.79. The number of benzene rings is 1. The maximum Gasteiger partial charge on any atom is 0.253 e. The van der Waals surface area contributed by atoms with Gasteiger partial charge in [-0.15, -0.1) is 0 Å². The molecule has 0 unspecified atom stereocenters. The summed E-state index contributed by atoms with van der Waals surface area (Å²) in [4.78, 5) is 14.2. The molecule has 90 valence electrons. The van der Waals surface area contributed by atoms with Crippen molar-refractivity contribution in [2.75, 3.05) is 13.1 Å². The Bertz CT molecular complexity index is 436. The lowest BCUT2D eigenvalue weighted by molar-refractivity contribution is 0.0724. The van der Waals surface area contributed by atoms with Gasteiger partial charge in [-0.3, -0.25) is 4.79 Å². The summed E-state index contributed by atoms with van der Waals surface area (Å²) in [5, 5.41) is 0.586. The fraction of sp³-hybridized carbons (Fsp3) is 0.357. The Morgan fingerprint density at radius 2 is 1.94 bits per heavy atom. The van der Waals surface area contributed by atoms with Crippen molar-refractivity contribution in [2.45, 2.75) is 19.3 Å². The SMILES string of the molecule is C=Cc1cc(Cl)cc(C(=O)N2CCCCC2)c1. The Morgan fingerprint density at radius 3 is 2.59 bits per heavy atom. The summed E-state index contributed by atoms with van der Waals surface area (Å²) in [5.74, 6) is 0.0790. The van der Waals surface area contributed by atoms with Crippen LogP contribution >= 0.6 is 11.6 Å². The molecule has 1 aromatic rings. The molecule has 0 atom stereocenters. The number of halogens is 1. The third-order valence-corrected chi connectivity index (χ3v) is 3.26. The molecule has 1 aliphatic heterocycles. The number of likely N-dealkylation sites (tertiary alicyclic amines) is 1. The van der Waals surface area contributed by atoms with E-state index < -0.39 is 0 Å². The van der Waals surface area contributed by atoms with Crippen molar-refractivity contribution >= 4 is 23.6 Å². The van der Waals surface area contributed by atoms with Crippen LogP contribution in [0.25, 0.3) is 6.08 Å².